The number of aliphatic hydroxyl groups excluding tert-OH is 2. The number of aliphatic hydroxyl groups is 2. The van der Waals surface area contributed by atoms with Crippen LogP contribution in [0, 0.1) is 12.8 Å². The van der Waals surface area contributed by atoms with Crippen molar-refractivity contribution >= 4 is 16.2 Å². The van der Waals surface area contributed by atoms with Gasteiger partial charge in [0.15, 0.2) is 5.76 Å². The van der Waals surface area contributed by atoms with Crippen LogP contribution in [0.25, 0.3) is 0 Å². The first-order valence-corrected chi connectivity index (χ1v) is 7.49. The van der Waals surface area contributed by atoms with Crippen LogP contribution < -0.4 is 0 Å². The normalized spacial score (nSPS) is 19.8. The van der Waals surface area contributed by atoms with Crippen LogP contribution >= 0.6 is 0 Å². The molecule has 6 heteroatoms. The van der Waals surface area contributed by atoms with Gasteiger partial charge in [0.25, 0.3) is 10.0 Å². The lowest BCUT2D eigenvalue weighted by Gasteiger charge is -2.12. The van der Waals surface area contributed by atoms with E-state index in [2.05, 4.69) is 4.40 Å². The molecule has 1 aliphatic carbocycles. The van der Waals surface area contributed by atoms with Gasteiger partial charge in [-0.2, -0.15) is 12.8 Å². The van der Waals surface area contributed by atoms with Gasteiger partial charge in [-0.15, -0.1) is 0 Å². The van der Waals surface area contributed by atoms with Gasteiger partial charge >= 0.3 is 0 Å². The molecule has 0 spiro atoms. The highest BCUT2D eigenvalue weighted by molar-refractivity contribution is 7.90. The SMILES string of the molecule is Cc1ccc(S(=O)(=O)/N=C/C2C=CC(O)=C(O)C2)cc1. The van der Waals surface area contributed by atoms with Crippen molar-refractivity contribution in [1.29, 1.82) is 0 Å². The van der Waals surface area contributed by atoms with Crippen LogP contribution in [0.2, 0.25) is 0 Å². The highest BCUT2D eigenvalue weighted by Crippen LogP contribution is 2.20. The lowest BCUT2D eigenvalue weighted by molar-refractivity contribution is 0.313. The van der Waals surface area contributed by atoms with Crippen molar-refractivity contribution in [3.05, 3.63) is 53.5 Å². The molecule has 0 fully saturated rings. The molecule has 0 saturated carbocycles. The average molecular weight is 293 g/mol. The number of nitrogens with zero attached hydrogens (tertiary/aromatic N) is 1. The third kappa shape index (κ3) is 3.27. The molecule has 106 valence electrons. The molecule has 20 heavy (non-hydrogen) atoms. The number of benzene rings is 1. The van der Waals surface area contributed by atoms with E-state index in [9.17, 15) is 18.6 Å². The molecule has 2 rings (SSSR count). The number of hydrogen-bond acceptors (Lipinski definition) is 4. The van der Waals surface area contributed by atoms with Crippen LogP contribution in [0.15, 0.2) is 57.2 Å². The molecule has 0 bridgehead atoms. The van der Waals surface area contributed by atoms with E-state index in [4.69, 9.17) is 0 Å². The Labute approximate surface area is 117 Å². The van der Waals surface area contributed by atoms with Crippen molar-refractivity contribution in [1.82, 2.24) is 0 Å². The molecule has 0 aliphatic heterocycles. The summed E-state index contributed by atoms with van der Waals surface area (Å²) in [6, 6.07) is 6.41. The summed E-state index contributed by atoms with van der Waals surface area (Å²) in [5.74, 6) is -0.723. The van der Waals surface area contributed by atoms with Crippen molar-refractivity contribution in [3.63, 3.8) is 0 Å². The lowest BCUT2D eigenvalue weighted by Crippen LogP contribution is -2.08. The van der Waals surface area contributed by atoms with Gasteiger partial charge in [-0.1, -0.05) is 23.8 Å². The number of rotatable bonds is 3. The summed E-state index contributed by atoms with van der Waals surface area (Å²) < 4.78 is 27.6. The molecular weight excluding hydrogens is 278 g/mol. The molecule has 0 saturated heterocycles. The first kappa shape index (κ1) is 14.3. The van der Waals surface area contributed by atoms with E-state index in [1.807, 2.05) is 6.92 Å². The minimum absolute atomic E-state index is 0.127. The fourth-order valence-corrected chi connectivity index (χ4v) is 2.66. The highest BCUT2D eigenvalue weighted by Gasteiger charge is 2.16. The zero-order chi connectivity index (χ0) is 14.8. The molecule has 0 aromatic heterocycles. The third-order valence-corrected chi connectivity index (χ3v) is 4.20. The number of hydrogen-bond donors (Lipinski definition) is 2. The van der Waals surface area contributed by atoms with E-state index in [0.29, 0.717) is 0 Å². The van der Waals surface area contributed by atoms with Crippen molar-refractivity contribution in [2.24, 2.45) is 10.3 Å². The largest absolute Gasteiger partial charge is 0.508 e. The molecule has 2 N–H and O–H groups in total. The zero-order valence-electron chi connectivity index (χ0n) is 10.9. The molecule has 1 unspecified atom stereocenters. The van der Waals surface area contributed by atoms with Gasteiger partial charge in [-0.25, -0.2) is 0 Å². The first-order valence-electron chi connectivity index (χ1n) is 6.05. The van der Waals surface area contributed by atoms with Crippen LogP contribution in [0.5, 0.6) is 0 Å². The maximum absolute atomic E-state index is 12.0. The Morgan fingerprint density at radius 3 is 2.50 bits per heavy atom. The zero-order valence-corrected chi connectivity index (χ0v) is 11.7. The summed E-state index contributed by atoms with van der Waals surface area (Å²) in [5, 5.41) is 18.6. The molecule has 1 atom stereocenters. The fraction of sp³-hybridized carbons (Fsp3) is 0.214. The van der Waals surface area contributed by atoms with Gasteiger partial charge in [0.2, 0.25) is 0 Å². The quantitative estimate of drug-likeness (QED) is 0.839. The highest BCUT2D eigenvalue weighted by atomic mass is 32.2. The second-order valence-electron chi connectivity index (χ2n) is 4.60. The molecule has 0 amide bonds. The fourth-order valence-electron chi connectivity index (χ4n) is 1.74. The second kappa shape index (κ2) is 5.50. The van der Waals surface area contributed by atoms with Crippen LogP contribution in [-0.4, -0.2) is 24.8 Å². The van der Waals surface area contributed by atoms with Crippen LogP contribution in [-0.2, 0) is 10.0 Å². The van der Waals surface area contributed by atoms with Crippen molar-refractivity contribution in [3.8, 4) is 0 Å². The van der Waals surface area contributed by atoms with Crippen molar-refractivity contribution in [2.45, 2.75) is 18.2 Å². The van der Waals surface area contributed by atoms with Gasteiger partial charge in [0, 0.05) is 18.6 Å². The maximum Gasteiger partial charge on any atom is 0.281 e. The Morgan fingerprint density at radius 1 is 1.25 bits per heavy atom. The molecule has 0 radical (unpaired) electrons. The number of sulfonamides is 1. The second-order valence-corrected chi connectivity index (χ2v) is 6.23. The smallest absolute Gasteiger partial charge is 0.281 e. The summed E-state index contributed by atoms with van der Waals surface area (Å²) in [4.78, 5) is 0.127. The molecule has 1 aromatic carbocycles. The number of aryl methyl sites for hydroxylation is 1. The van der Waals surface area contributed by atoms with Gasteiger partial charge in [-0.3, -0.25) is 0 Å². The summed E-state index contributed by atoms with van der Waals surface area (Å²) in [5.41, 5.74) is 0.966. The first-order chi connectivity index (χ1) is 9.38. The molecule has 5 nitrogen and oxygen atoms in total. The van der Waals surface area contributed by atoms with Gasteiger partial charge < -0.3 is 10.2 Å². The predicted molar refractivity (Wildman–Crippen MR) is 76.4 cm³/mol. The molecular formula is C14H15NO4S. The monoisotopic (exact) mass is 293 g/mol. The molecule has 0 heterocycles. The van der Waals surface area contributed by atoms with E-state index in [-0.39, 0.29) is 28.8 Å². The Kier molecular flexibility index (Phi) is 3.94. The lowest BCUT2D eigenvalue weighted by atomic mass is 10.0. The minimum Gasteiger partial charge on any atom is -0.508 e. The summed E-state index contributed by atoms with van der Waals surface area (Å²) in [7, 11) is -3.73. The van der Waals surface area contributed by atoms with Gasteiger partial charge in [0.1, 0.15) is 5.76 Å². The maximum atomic E-state index is 12.0. The van der Waals surface area contributed by atoms with Crippen LogP contribution in [0.3, 0.4) is 0 Å². The summed E-state index contributed by atoms with van der Waals surface area (Å²) >= 11 is 0. The summed E-state index contributed by atoms with van der Waals surface area (Å²) in [6.07, 6.45) is 4.31. The summed E-state index contributed by atoms with van der Waals surface area (Å²) in [6.45, 7) is 1.87. The Hall–Kier alpha value is -2.08. The Morgan fingerprint density at radius 2 is 1.90 bits per heavy atom. The third-order valence-electron chi connectivity index (χ3n) is 2.94. The van der Waals surface area contributed by atoms with E-state index in [1.165, 1.54) is 24.4 Å². The predicted octanol–water partition coefficient (Wildman–Crippen LogP) is 2.66. The van der Waals surface area contributed by atoms with Crippen molar-refractivity contribution < 1.29 is 18.6 Å². The van der Waals surface area contributed by atoms with Crippen LogP contribution in [0.1, 0.15) is 12.0 Å². The van der Waals surface area contributed by atoms with Gasteiger partial charge in [0.05, 0.1) is 4.90 Å². The topological polar surface area (TPSA) is 87.0 Å². The molecule has 1 aromatic rings. The van der Waals surface area contributed by atoms with E-state index < -0.39 is 10.0 Å². The van der Waals surface area contributed by atoms with Crippen LogP contribution in [0.4, 0.5) is 0 Å². The van der Waals surface area contributed by atoms with E-state index in [0.717, 1.165) is 5.56 Å². The van der Waals surface area contributed by atoms with Crippen molar-refractivity contribution in [2.75, 3.05) is 0 Å². The Bertz CT molecular complexity index is 684. The van der Waals surface area contributed by atoms with E-state index >= 15 is 0 Å². The van der Waals surface area contributed by atoms with Gasteiger partial charge in [-0.05, 0) is 25.1 Å². The average Bonchev–Trinajstić information content (AvgIpc) is 2.41. The Balaban J connectivity index is 2.15. The minimum atomic E-state index is -3.73. The number of allylic oxidation sites excluding steroid dienone is 3. The molecule has 1 aliphatic rings. The van der Waals surface area contributed by atoms with E-state index in [1.54, 1.807) is 18.2 Å². The standard InChI is InChI=1S/C14H15NO4S/c1-10-2-5-12(6-3-10)20(18,19)15-9-11-4-7-13(16)14(17)8-11/h2-7,9,11,16-17H,8H2,1H3/b15-9+.